The molecule has 0 bridgehead atoms. The number of nitrogens with one attached hydrogen (secondary N) is 1. The summed E-state index contributed by atoms with van der Waals surface area (Å²) < 4.78 is 0. The first kappa shape index (κ1) is 21.2. The number of amides is 1. The molecule has 27 heavy (non-hydrogen) atoms. The summed E-state index contributed by atoms with van der Waals surface area (Å²) in [6.45, 7) is 10.2. The molecule has 1 amide bonds. The van der Waals surface area contributed by atoms with Crippen molar-refractivity contribution in [3.8, 4) is 0 Å². The number of piperazine rings is 1. The standard InChI is InChI=1S/C20H32N4O3/c1-16(2)5-4-6-17(3)21-20(25)15-22-11-13-23(14-12-22)18-7-9-19(10-8-18)24(26)27/h7-10,16-17H,4-6,11-15H2,1-3H3,(H,21,25)/t17-/m1/s1. The first-order chi connectivity index (χ1) is 12.8. The van der Waals surface area contributed by atoms with Crippen molar-refractivity contribution in [2.45, 2.75) is 46.1 Å². The normalized spacial score (nSPS) is 16.4. The van der Waals surface area contributed by atoms with E-state index in [4.69, 9.17) is 0 Å². The highest BCUT2D eigenvalue weighted by Gasteiger charge is 2.20. The summed E-state index contributed by atoms with van der Waals surface area (Å²) in [6.07, 6.45) is 3.37. The van der Waals surface area contributed by atoms with Gasteiger partial charge >= 0.3 is 0 Å². The topological polar surface area (TPSA) is 78.7 Å². The Morgan fingerprint density at radius 2 is 1.74 bits per heavy atom. The van der Waals surface area contributed by atoms with Crippen LogP contribution in [0.25, 0.3) is 0 Å². The molecule has 0 radical (unpaired) electrons. The summed E-state index contributed by atoms with van der Waals surface area (Å²) in [5.74, 6) is 0.802. The number of non-ortho nitro benzene ring substituents is 1. The molecule has 1 heterocycles. The fourth-order valence-electron chi connectivity index (χ4n) is 3.38. The minimum atomic E-state index is -0.385. The maximum atomic E-state index is 12.2. The predicted octanol–water partition coefficient (Wildman–Crippen LogP) is 3.05. The molecule has 1 N–H and O–H groups in total. The molecular weight excluding hydrogens is 344 g/mol. The van der Waals surface area contributed by atoms with Crippen molar-refractivity contribution in [3.63, 3.8) is 0 Å². The lowest BCUT2D eigenvalue weighted by atomic mass is 10.0. The van der Waals surface area contributed by atoms with Crippen molar-refractivity contribution >= 4 is 17.3 Å². The molecule has 2 rings (SSSR count). The molecule has 0 aliphatic carbocycles. The van der Waals surface area contributed by atoms with Crippen LogP contribution in [0.4, 0.5) is 11.4 Å². The molecule has 1 aromatic carbocycles. The van der Waals surface area contributed by atoms with Crippen LogP contribution in [0.3, 0.4) is 0 Å². The molecule has 0 aromatic heterocycles. The van der Waals surface area contributed by atoms with Gasteiger partial charge in [0, 0.05) is 50.0 Å². The number of carbonyl (C=O) groups is 1. The minimum absolute atomic E-state index is 0.0934. The van der Waals surface area contributed by atoms with Gasteiger partial charge in [-0.2, -0.15) is 0 Å². The van der Waals surface area contributed by atoms with Crippen LogP contribution in [0.5, 0.6) is 0 Å². The predicted molar refractivity (Wildman–Crippen MR) is 108 cm³/mol. The molecule has 0 saturated carbocycles. The summed E-state index contributed by atoms with van der Waals surface area (Å²) in [4.78, 5) is 27.0. The van der Waals surface area contributed by atoms with Gasteiger partial charge in [0.05, 0.1) is 11.5 Å². The lowest BCUT2D eigenvalue weighted by Crippen LogP contribution is -2.50. The second-order valence-electron chi connectivity index (χ2n) is 7.83. The summed E-state index contributed by atoms with van der Waals surface area (Å²) in [7, 11) is 0. The fourth-order valence-corrected chi connectivity index (χ4v) is 3.38. The van der Waals surface area contributed by atoms with Crippen LogP contribution in [-0.2, 0) is 4.79 Å². The van der Waals surface area contributed by atoms with Crippen LogP contribution in [0.15, 0.2) is 24.3 Å². The molecule has 7 nitrogen and oxygen atoms in total. The third-order valence-corrected chi connectivity index (χ3v) is 4.99. The Hall–Kier alpha value is -2.15. The minimum Gasteiger partial charge on any atom is -0.369 e. The molecular formula is C20H32N4O3. The Balaban J connectivity index is 1.70. The summed E-state index contributed by atoms with van der Waals surface area (Å²) >= 11 is 0. The second kappa shape index (κ2) is 10.3. The molecule has 1 atom stereocenters. The van der Waals surface area contributed by atoms with E-state index in [-0.39, 0.29) is 22.6 Å². The van der Waals surface area contributed by atoms with Crippen molar-refractivity contribution in [3.05, 3.63) is 34.4 Å². The van der Waals surface area contributed by atoms with E-state index in [1.54, 1.807) is 12.1 Å². The van der Waals surface area contributed by atoms with Gasteiger partial charge in [-0.15, -0.1) is 0 Å². The van der Waals surface area contributed by atoms with E-state index in [9.17, 15) is 14.9 Å². The smallest absolute Gasteiger partial charge is 0.269 e. The van der Waals surface area contributed by atoms with Crippen molar-refractivity contribution in [1.29, 1.82) is 0 Å². The van der Waals surface area contributed by atoms with Gasteiger partial charge in [0.1, 0.15) is 0 Å². The van der Waals surface area contributed by atoms with Crippen molar-refractivity contribution in [2.75, 3.05) is 37.6 Å². The molecule has 1 aromatic rings. The number of benzene rings is 1. The number of nitro benzene ring substituents is 1. The van der Waals surface area contributed by atoms with Gasteiger partial charge in [-0.05, 0) is 31.4 Å². The Morgan fingerprint density at radius 3 is 2.30 bits per heavy atom. The SMILES string of the molecule is CC(C)CCC[C@@H](C)NC(=O)CN1CCN(c2ccc([N+](=O)[O-])cc2)CC1. The van der Waals surface area contributed by atoms with Crippen LogP contribution in [-0.4, -0.2) is 54.5 Å². The van der Waals surface area contributed by atoms with Crippen LogP contribution in [0.1, 0.15) is 40.0 Å². The molecule has 0 spiro atoms. The Bertz CT molecular complexity index is 610. The van der Waals surface area contributed by atoms with E-state index >= 15 is 0 Å². The van der Waals surface area contributed by atoms with E-state index < -0.39 is 0 Å². The Labute approximate surface area is 161 Å². The van der Waals surface area contributed by atoms with Gasteiger partial charge in [0.2, 0.25) is 5.91 Å². The number of nitrogens with zero attached hydrogens (tertiary/aromatic N) is 3. The Morgan fingerprint density at radius 1 is 1.11 bits per heavy atom. The van der Waals surface area contributed by atoms with Gasteiger partial charge in [0.15, 0.2) is 0 Å². The fraction of sp³-hybridized carbons (Fsp3) is 0.650. The summed E-state index contributed by atoms with van der Waals surface area (Å²) in [6, 6.07) is 6.88. The lowest BCUT2D eigenvalue weighted by molar-refractivity contribution is -0.384. The van der Waals surface area contributed by atoms with Crippen LogP contribution in [0.2, 0.25) is 0 Å². The summed E-state index contributed by atoms with van der Waals surface area (Å²) in [5, 5.41) is 13.8. The third-order valence-electron chi connectivity index (χ3n) is 4.99. The van der Waals surface area contributed by atoms with Crippen molar-refractivity contribution in [1.82, 2.24) is 10.2 Å². The van der Waals surface area contributed by atoms with Gasteiger partial charge in [-0.3, -0.25) is 19.8 Å². The number of rotatable bonds is 9. The highest BCUT2D eigenvalue weighted by atomic mass is 16.6. The number of anilines is 1. The molecule has 150 valence electrons. The first-order valence-corrected chi connectivity index (χ1v) is 9.86. The number of hydrogen-bond acceptors (Lipinski definition) is 5. The summed E-state index contributed by atoms with van der Waals surface area (Å²) in [5.41, 5.74) is 1.10. The zero-order valence-electron chi connectivity index (χ0n) is 16.7. The average Bonchev–Trinajstić information content (AvgIpc) is 2.62. The zero-order chi connectivity index (χ0) is 19.8. The van der Waals surface area contributed by atoms with Crippen LogP contribution >= 0.6 is 0 Å². The Kier molecular flexibility index (Phi) is 8.03. The maximum absolute atomic E-state index is 12.2. The van der Waals surface area contributed by atoms with E-state index in [1.807, 2.05) is 0 Å². The number of carbonyl (C=O) groups excluding carboxylic acids is 1. The largest absolute Gasteiger partial charge is 0.369 e. The van der Waals surface area contributed by atoms with E-state index in [2.05, 4.69) is 35.9 Å². The van der Waals surface area contributed by atoms with Crippen LogP contribution in [0, 0.1) is 16.0 Å². The van der Waals surface area contributed by atoms with Gasteiger partial charge in [-0.1, -0.05) is 26.7 Å². The van der Waals surface area contributed by atoms with Gasteiger partial charge < -0.3 is 10.2 Å². The van der Waals surface area contributed by atoms with E-state index in [0.717, 1.165) is 44.7 Å². The average molecular weight is 377 g/mol. The van der Waals surface area contributed by atoms with Gasteiger partial charge in [-0.25, -0.2) is 0 Å². The van der Waals surface area contributed by atoms with Gasteiger partial charge in [0.25, 0.3) is 5.69 Å². The first-order valence-electron chi connectivity index (χ1n) is 9.86. The zero-order valence-corrected chi connectivity index (χ0v) is 16.7. The third kappa shape index (κ3) is 7.17. The molecule has 1 saturated heterocycles. The quantitative estimate of drug-likeness (QED) is 0.529. The molecule has 0 unspecified atom stereocenters. The monoisotopic (exact) mass is 376 g/mol. The van der Waals surface area contributed by atoms with E-state index in [1.165, 1.54) is 18.6 Å². The van der Waals surface area contributed by atoms with Crippen molar-refractivity contribution < 1.29 is 9.72 Å². The highest BCUT2D eigenvalue weighted by molar-refractivity contribution is 5.78. The highest BCUT2D eigenvalue weighted by Crippen LogP contribution is 2.20. The molecule has 7 heteroatoms. The maximum Gasteiger partial charge on any atom is 0.269 e. The number of nitro groups is 1. The number of hydrogen-bond donors (Lipinski definition) is 1. The van der Waals surface area contributed by atoms with Crippen molar-refractivity contribution in [2.24, 2.45) is 5.92 Å². The lowest BCUT2D eigenvalue weighted by Gasteiger charge is -2.35. The second-order valence-corrected chi connectivity index (χ2v) is 7.83. The van der Waals surface area contributed by atoms with Crippen LogP contribution < -0.4 is 10.2 Å². The molecule has 1 aliphatic heterocycles. The molecule has 1 fully saturated rings. The van der Waals surface area contributed by atoms with E-state index in [0.29, 0.717) is 12.5 Å². The molecule has 1 aliphatic rings.